The van der Waals surface area contributed by atoms with Crippen LogP contribution in [0.15, 0.2) is 42.5 Å². The molecule has 8 heteroatoms. The summed E-state index contributed by atoms with van der Waals surface area (Å²) in [5.74, 6) is 0.158. The highest BCUT2D eigenvalue weighted by molar-refractivity contribution is 6.34. The van der Waals surface area contributed by atoms with Crippen LogP contribution in [0.2, 0.25) is 10.2 Å². The second kappa shape index (κ2) is 9.94. The van der Waals surface area contributed by atoms with Gasteiger partial charge in [-0.1, -0.05) is 53.0 Å². The minimum atomic E-state index is -0.369. The molecule has 1 aromatic heterocycles. The number of carbonyl (C=O) groups excluding carboxylic acids is 1. The molecule has 1 aliphatic rings. The van der Waals surface area contributed by atoms with Gasteiger partial charge in [0.1, 0.15) is 17.5 Å². The lowest BCUT2D eigenvalue weighted by Gasteiger charge is -2.15. The molecule has 0 radical (unpaired) electrons. The number of halogens is 2. The summed E-state index contributed by atoms with van der Waals surface area (Å²) in [6.45, 7) is 5.44. The summed E-state index contributed by atoms with van der Waals surface area (Å²) in [6.07, 6.45) is 2.05. The van der Waals surface area contributed by atoms with Crippen LogP contribution in [0.4, 0.5) is 5.69 Å². The summed E-state index contributed by atoms with van der Waals surface area (Å²) in [6, 6.07) is 13.2. The van der Waals surface area contributed by atoms with Crippen molar-refractivity contribution in [1.29, 1.82) is 0 Å². The van der Waals surface area contributed by atoms with E-state index in [9.17, 15) is 4.79 Å². The fourth-order valence-electron chi connectivity index (χ4n) is 3.65. The number of ether oxygens (including phenoxy) is 2. The van der Waals surface area contributed by atoms with Crippen LogP contribution in [0.5, 0.6) is 5.75 Å². The number of amides is 1. The van der Waals surface area contributed by atoms with Gasteiger partial charge in [0.15, 0.2) is 0 Å². The molecule has 1 saturated heterocycles. The van der Waals surface area contributed by atoms with Crippen LogP contribution in [0.1, 0.15) is 40.0 Å². The van der Waals surface area contributed by atoms with Crippen molar-refractivity contribution in [2.24, 2.45) is 0 Å². The molecule has 4 rings (SSSR count). The van der Waals surface area contributed by atoms with Gasteiger partial charge in [-0.15, -0.1) is 0 Å². The monoisotopic (exact) mass is 473 g/mol. The largest absolute Gasteiger partial charge is 0.489 e. The minimum absolute atomic E-state index is 0.0610. The molecular weight excluding hydrogens is 449 g/mol. The van der Waals surface area contributed by atoms with Gasteiger partial charge >= 0.3 is 0 Å². The third kappa shape index (κ3) is 5.26. The first kappa shape index (κ1) is 22.6. The zero-order valence-electron chi connectivity index (χ0n) is 18.0. The maximum absolute atomic E-state index is 13.1. The molecule has 1 aliphatic heterocycles. The highest BCUT2D eigenvalue weighted by Gasteiger charge is 2.22. The van der Waals surface area contributed by atoms with E-state index >= 15 is 0 Å². The number of hydrogen-bond acceptors (Lipinski definition) is 4. The van der Waals surface area contributed by atoms with Gasteiger partial charge < -0.3 is 14.8 Å². The van der Waals surface area contributed by atoms with Crippen molar-refractivity contribution in [2.45, 2.75) is 39.3 Å². The van der Waals surface area contributed by atoms with Crippen LogP contribution < -0.4 is 10.1 Å². The van der Waals surface area contributed by atoms with E-state index in [-0.39, 0.29) is 17.2 Å². The zero-order chi connectivity index (χ0) is 22.7. The van der Waals surface area contributed by atoms with E-state index in [2.05, 4.69) is 10.4 Å². The van der Waals surface area contributed by atoms with Gasteiger partial charge in [-0.2, -0.15) is 5.10 Å². The third-order valence-corrected chi connectivity index (χ3v) is 6.00. The number of benzene rings is 2. The second-order valence-electron chi connectivity index (χ2n) is 7.94. The first-order valence-corrected chi connectivity index (χ1v) is 11.3. The number of hydrogen-bond donors (Lipinski definition) is 1. The number of anilines is 1. The maximum atomic E-state index is 13.1. The first-order valence-electron chi connectivity index (χ1n) is 10.5. The van der Waals surface area contributed by atoms with E-state index in [1.54, 1.807) is 29.8 Å². The lowest BCUT2D eigenvalue weighted by Crippen LogP contribution is -2.18. The van der Waals surface area contributed by atoms with E-state index in [1.165, 1.54) is 5.56 Å². The predicted octanol–water partition coefficient (Wildman–Crippen LogP) is 5.67. The molecule has 0 aliphatic carbocycles. The fourth-order valence-corrected chi connectivity index (χ4v) is 4.14. The van der Waals surface area contributed by atoms with Gasteiger partial charge in [-0.3, -0.25) is 4.79 Å². The molecule has 1 unspecified atom stereocenters. The molecule has 6 nitrogen and oxygen atoms in total. The van der Waals surface area contributed by atoms with Gasteiger partial charge in [0.25, 0.3) is 5.91 Å². The first-order chi connectivity index (χ1) is 15.4. The molecule has 2 aromatic carbocycles. The standard InChI is InChI=1S/C24H25Cl2N3O3/c1-15-5-7-17(8-6-15)13-29-23(26)22(16(2)28-29)24(30)27-20-12-18(25)9-10-21(20)32-14-19-4-3-11-31-19/h5-10,12,19H,3-4,11,13-14H2,1-2H3,(H,27,30). The number of carbonyl (C=O) groups is 1. The lowest BCUT2D eigenvalue weighted by atomic mass is 10.1. The molecule has 0 saturated carbocycles. The molecule has 1 amide bonds. The molecule has 2 heterocycles. The molecule has 32 heavy (non-hydrogen) atoms. The Morgan fingerprint density at radius 3 is 2.72 bits per heavy atom. The number of rotatable bonds is 7. The molecule has 1 N–H and O–H groups in total. The number of aryl methyl sites for hydroxylation is 2. The Hall–Kier alpha value is -2.54. The third-order valence-electron chi connectivity index (χ3n) is 5.38. The van der Waals surface area contributed by atoms with Gasteiger partial charge in [-0.25, -0.2) is 4.68 Å². The molecule has 0 bridgehead atoms. The molecular formula is C24H25Cl2N3O3. The van der Waals surface area contributed by atoms with Gasteiger partial charge in [0.2, 0.25) is 0 Å². The Morgan fingerprint density at radius 1 is 1.22 bits per heavy atom. The smallest absolute Gasteiger partial charge is 0.260 e. The van der Waals surface area contributed by atoms with Gasteiger partial charge in [0, 0.05) is 11.6 Å². The highest BCUT2D eigenvalue weighted by Crippen LogP contribution is 2.30. The van der Waals surface area contributed by atoms with Crippen molar-refractivity contribution >= 4 is 34.8 Å². The second-order valence-corrected chi connectivity index (χ2v) is 8.73. The minimum Gasteiger partial charge on any atom is -0.489 e. The number of aromatic nitrogens is 2. The Morgan fingerprint density at radius 2 is 2.00 bits per heavy atom. The highest BCUT2D eigenvalue weighted by atomic mass is 35.5. The van der Waals surface area contributed by atoms with Crippen molar-refractivity contribution < 1.29 is 14.3 Å². The van der Waals surface area contributed by atoms with Gasteiger partial charge in [0.05, 0.1) is 29.6 Å². The quantitative estimate of drug-likeness (QED) is 0.480. The van der Waals surface area contributed by atoms with Gasteiger partial charge in [-0.05, 0) is 50.5 Å². The van der Waals surface area contributed by atoms with Crippen molar-refractivity contribution in [3.05, 3.63) is 75.0 Å². The molecule has 3 aromatic rings. The average Bonchev–Trinajstić information content (AvgIpc) is 3.37. The zero-order valence-corrected chi connectivity index (χ0v) is 19.5. The summed E-state index contributed by atoms with van der Waals surface area (Å²) in [4.78, 5) is 13.1. The summed E-state index contributed by atoms with van der Waals surface area (Å²) in [5, 5.41) is 8.12. The van der Waals surface area contributed by atoms with Crippen LogP contribution in [-0.2, 0) is 11.3 Å². The summed E-state index contributed by atoms with van der Waals surface area (Å²) >= 11 is 12.7. The summed E-state index contributed by atoms with van der Waals surface area (Å²) in [7, 11) is 0. The Labute approximate surface area is 197 Å². The van der Waals surface area contributed by atoms with Crippen LogP contribution in [0.25, 0.3) is 0 Å². The van der Waals surface area contributed by atoms with Crippen molar-refractivity contribution in [1.82, 2.24) is 9.78 Å². The molecule has 1 fully saturated rings. The predicted molar refractivity (Wildman–Crippen MR) is 126 cm³/mol. The van der Waals surface area contributed by atoms with E-state index in [1.807, 2.05) is 31.2 Å². The molecule has 1 atom stereocenters. The van der Waals surface area contributed by atoms with E-state index in [0.29, 0.717) is 40.9 Å². The fraction of sp³-hybridized carbons (Fsp3) is 0.333. The Kier molecular flexibility index (Phi) is 7.04. The van der Waals surface area contributed by atoms with Crippen LogP contribution >= 0.6 is 23.2 Å². The Balaban J connectivity index is 1.51. The van der Waals surface area contributed by atoms with E-state index < -0.39 is 0 Å². The lowest BCUT2D eigenvalue weighted by molar-refractivity contribution is 0.0682. The van der Waals surface area contributed by atoms with E-state index in [0.717, 1.165) is 25.0 Å². The SMILES string of the molecule is Cc1ccc(Cn2nc(C)c(C(=O)Nc3cc(Cl)ccc3OCC3CCCO3)c2Cl)cc1. The summed E-state index contributed by atoms with van der Waals surface area (Å²) < 4.78 is 13.2. The topological polar surface area (TPSA) is 65.4 Å². The summed E-state index contributed by atoms with van der Waals surface area (Å²) in [5.41, 5.74) is 3.57. The van der Waals surface area contributed by atoms with Crippen molar-refractivity contribution in [3.8, 4) is 5.75 Å². The van der Waals surface area contributed by atoms with Crippen molar-refractivity contribution in [2.75, 3.05) is 18.5 Å². The average molecular weight is 474 g/mol. The van der Waals surface area contributed by atoms with Crippen LogP contribution in [0, 0.1) is 13.8 Å². The number of nitrogens with one attached hydrogen (secondary N) is 1. The van der Waals surface area contributed by atoms with Crippen LogP contribution in [-0.4, -0.2) is 35.0 Å². The molecule has 168 valence electrons. The van der Waals surface area contributed by atoms with Crippen molar-refractivity contribution in [3.63, 3.8) is 0 Å². The van der Waals surface area contributed by atoms with E-state index in [4.69, 9.17) is 32.7 Å². The van der Waals surface area contributed by atoms with Crippen LogP contribution in [0.3, 0.4) is 0 Å². The molecule has 0 spiro atoms. The maximum Gasteiger partial charge on any atom is 0.260 e. The normalized spacial score (nSPS) is 15.7. The number of nitrogens with zero attached hydrogens (tertiary/aromatic N) is 2. The Bertz CT molecular complexity index is 1110.